The maximum Gasteiger partial charge on any atom is 0.229 e. The lowest BCUT2D eigenvalue weighted by molar-refractivity contribution is -0.268. The summed E-state index contributed by atoms with van der Waals surface area (Å²) in [6, 6.07) is 5.11. The lowest BCUT2D eigenvalue weighted by atomic mass is 9.82. The summed E-state index contributed by atoms with van der Waals surface area (Å²) in [7, 11) is 0. The van der Waals surface area contributed by atoms with Gasteiger partial charge in [-0.05, 0) is 37.6 Å². The number of hydrogen-bond acceptors (Lipinski definition) is 9. The zero-order valence-corrected chi connectivity index (χ0v) is 16.1. The molecule has 1 fully saturated rings. The SMILES string of the molecule is Cc1cc(O)c2c(c1)C(=O)c1cc(O[C@@H]3O[C@@H](C)[C@H](O)C(O)[C@H]3O)cc(O)c1C2=O. The summed E-state index contributed by atoms with van der Waals surface area (Å²) in [5.41, 5.74) is -0.00573. The second kappa shape index (κ2) is 7.06. The highest BCUT2D eigenvalue weighted by Crippen LogP contribution is 2.40. The molecule has 0 aromatic heterocycles. The van der Waals surface area contributed by atoms with Gasteiger partial charge in [-0.25, -0.2) is 0 Å². The summed E-state index contributed by atoms with van der Waals surface area (Å²) >= 11 is 0. The van der Waals surface area contributed by atoms with Gasteiger partial charge in [0.25, 0.3) is 0 Å². The first-order valence-corrected chi connectivity index (χ1v) is 9.26. The predicted molar refractivity (Wildman–Crippen MR) is 101 cm³/mol. The van der Waals surface area contributed by atoms with E-state index in [0.29, 0.717) is 5.56 Å². The van der Waals surface area contributed by atoms with E-state index < -0.39 is 48.0 Å². The Morgan fingerprint density at radius 2 is 1.43 bits per heavy atom. The summed E-state index contributed by atoms with van der Waals surface area (Å²) < 4.78 is 10.9. The van der Waals surface area contributed by atoms with Crippen molar-refractivity contribution in [2.75, 3.05) is 0 Å². The third-order valence-corrected chi connectivity index (χ3v) is 5.36. The van der Waals surface area contributed by atoms with Crippen LogP contribution >= 0.6 is 0 Å². The van der Waals surface area contributed by atoms with Crippen LogP contribution in [0.25, 0.3) is 0 Å². The number of ketones is 2. The van der Waals surface area contributed by atoms with Crippen LogP contribution in [0, 0.1) is 6.92 Å². The van der Waals surface area contributed by atoms with Crippen molar-refractivity contribution in [1.29, 1.82) is 0 Å². The number of rotatable bonds is 2. The molecule has 158 valence electrons. The molecule has 1 unspecified atom stereocenters. The highest BCUT2D eigenvalue weighted by Gasteiger charge is 2.43. The van der Waals surface area contributed by atoms with E-state index >= 15 is 0 Å². The van der Waals surface area contributed by atoms with Gasteiger partial charge in [-0.3, -0.25) is 9.59 Å². The molecule has 2 aromatic carbocycles. The Kier molecular flexibility index (Phi) is 4.78. The van der Waals surface area contributed by atoms with Crippen LogP contribution in [-0.4, -0.2) is 67.8 Å². The zero-order valence-electron chi connectivity index (χ0n) is 16.1. The molecule has 1 aliphatic carbocycles. The molecule has 9 heteroatoms. The molecule has 0 radical (unpaired) electrons. The van der Waals surface area contributed by atoms with E-state index in [1.807, 2.05) is 0 Å². The van der Waals surface area contributed by atoms with Gasteiger partial charge in [-0.15, -0.1) is 0 Å². The molecule has 4 rings (SSSR count). The van der Waals surface area contributed by atoms with Crippen LogP contribution in [0.1, 0.15) is 44.3 Å². The van der Waals surface area contributed by atoms with Gasteiger partial charge in [0.15, 0.2) is 5.78 Å². The van der Waals surface area contributed by atoms with Crippen molar-refractivity contribution in [2.45, 2.75) is 44.6 Å². The summed E-state index contributed by atoms with van der Waals surface area (Å²) in [6.07, 6.45) is -6.66. The maximum absolute atomic E-state index is 13.0. The predicted octanol–water partition coefficient (Wildman–Crippen LogP) is 0.388. The van der Waals surface area contributed by atoms with Crippen molar-refractivity contribution < 1.29 is 44.6 Å². The largest absolute Gasteiger partial charge is 0.507 e. The average molecular weight is 416 g/mol. The standard InChI is InChI=1S/C21H20O9/c1-7-3-10-14(12(22)4-7)18(26)15-11(17(10)25)5-9(6-13(15)23)30-21-20(28)19(27)16(24)8(2)29-21/h3-6,8,16,19-24,27-28H,1-2H3/t8-,16-,19?,20+,21-/m0/s1. The first-order valence-electron chi connectivity index (χ1n) is 9.26. The molecule has 1 heterocycles. The summed E-state index contributed by atoms with van der Waals surface area (Å²) in [6.45, 7) is 3.14. The Bertz CT molecular complexity index is 1060. The Morgan fingerprint density at radius 3 is 2.10 bits per heavy atom. The third-order valence-electron chi connectivity index (χ3n) is 5.36. The van der Waals surface area contributed by atoms with Crippen LogP contribution in [0.15, 0.2) is 24.3 Å². The fourth-order valence-corrected chi connectivity index (χ4v) is 3.79. The highest BCUT2D eigenvalue weighted by atomic mass is 16.7. The quantitative estimate of drug-likeness (QED) is 0.399. The molecule has 2 aromatic rings. The van der Waals surface area contributed by atoms with Gasteiger partial charge in [-0.2, -0.15) is 0 Å². The van der Waals surface area contributed by atoms with Crippen molar-refractivity contribution in [3.05, 3.63) is 52.1 Å². The number of aromatic hydroxyl groups is 2. The second-order valence-corrected chi connectivity index (χ2v) is 7.53. The van der Waals surface area contributed by atoms with Crippen molar-refractivity contribution in [3.63, 3.8) is 0 Å². The van der Waals surface area contributed by atoms with E-state index in [9.17, 15) is 35.1 Å². The number of ether oxygens (including phenoxy) is 2. The molecule has 0 saturated carbocycles. The summed E-state index contributed by atoms with van der Waals surface area (Å²) in [5, 5.41) is 50.4. The van der Waals surface area contributed by atoms with E-state index in [1.54, 1.807) is 6.92 Å². The molecule has 5 atom stereocenters. The minimum atomic E-state index is -1.59. The number of phenols is 2. The fraction of sp³-hybridized carbons (Fsp3) is 0.333. The number of carbonyl (C=O) groups excluding carboxylic acids is 2. The molecule has 1 aliphatic heterocycles. The molecule has 0 spiro atoms. The number of benzene rings is 2. The first-order chi connectivity index (χ1) is 14.1. The van der Waals surface area contributed by atoms with E-state index in [1.165, 1.54) is 25.1 Å². The number of hydrogen-bond donors (Lipinski definition) is 5. The number of aryl methyl sites for hydroxylation is 1. The topological polar surface area (TPSA) is 154 Å². The summed E-state index contributed by atoms with van der Waals surface area (Å²) in [4.78, 5) is 25.8. The Hall–Kier alpha value is -2.98. The summed E-state index contributed by atoms with van der Waals surface area (Å²) in [5.74, 6) is -2.29. The monoisotopic (exact) mass is 416 g/mol. The van der Waals surface area contributed by atoms with Crippen molar-refractivity contribution in [1.82, 2.24) is 0 Å². The molecule has 30 heavy (non-hydrogen) atoms. The molecule has 2 aliphatic rings. The second-order valence-electron chi connectivity index (χ2n) is 7.53. The van der Waals surface area contributed by atoms with Gasteiger partial charge in [0.1, 0.15) is 35.6 Å². The minimum Gasteiger partial charge on any atom is -0.507 e. The van der Waals surface area contributed by atoms with E-state index in [-0.39, 0.29) is 33.8 Å². The number of carbonyl (C=O) groups is 2. The third kappa shape index (κ3) is 3.03. The Balaban J connectivity index is 1.73. The van der Waals surface area contributed by atoms with Crippen molar-refractivity contribution >= 4 is 11.6 Å². The lowest BCUT2D eigenvalue weighted by Gasteiger charge is -2.39. The molecular formula is C21H20O9. The molecule has 5 N–H and O–H groups in total. The lowest BCUT2D eigenvalue weighted by Crippen LogP contribution is -2.58. The van der Waals surface area contributed by atoms with E-state index in [4.69, 9.17) is 9.47 Å². The van der Waals surface area contributed by atoms with Crippen LogP contribution in [0.4, 0.5) is 0 Å². The number of aliphatic hydroxyl groups excluding tert-OH is 3. The van der Waals surface area contributed by atoms with Gasteiger partial charge in [0.05, 0.1) is 17.2 Å². The zero-order chi connectivity index (χ0) is 21.9. The molecule has 0 bridgehead atoms. The van der Waals surface area contributed by atoms with E-state index in [0.717, 1.165) is 6.07 Å². The molecule has 0 amide bonds. The highest BCUT2D eigenvalue weighted by molar-refractivity contribution is 6.30. The first kappa shape index (κ1) is 20.3. The van der Waals surface area contributed by atoms with Crippen LogP contribution in [0.5, 0.6) is 17.2 Å². The van der Waals surface area contributed by atoms with Gasteiger partial charge in [-0.1, -0.05) is 0 Å². The molecule has 1 saturated heterocycles. The van der Waals surface area contributed by atoms with Crippen LogP contribution in [0.2, 0.25) is 0 Å². The smallest absolute Gasteiger partial charge is 0.229 e. The van der Waals surface area contributed by atoms with Crippen LogP contribution < -0.4 is 4.74 Å². The van der Waals surface area contributed by atoms with Gasteiger partial charge >= 0.3 is 0 Å². The Labute approximate surface area is 170 Å². The maximum atomic E-state index is 13.0. The van der Waals surface area contributed by atoms with Crippen molar-refractivity contribution in [2.24, 2.45) is 0 Å². The van der Waals surface area contributed by atoms with Gasteiger partial charge < -0.3 is 35.0 Å². The van der Waals surface area contributed by atoms with Crippen LogP contribution in [-0.2, 0) is 4.74 Å². The van der Waals surface area contributed by atoms with E-state index in [2.05, 4.69) is 0 Å². The van der Waals surface area contributed by atoms with Gasteiger partial charge in [0.2, 0.25) is 12.1 Å². The number of aliphatic hydroxyl groups is 3. The molecule has 9 nitrogen and oxygen atoms in total. The number of phenolic OH excluding ortho intramolecular Hbond substituents is 2. The van der Waals surface area contributed by atoms with Crippen LogP contribution in [0.3, 0.4) is 0 Å². The van der Waals surface area contributed by atoms with Crippen molar-refractivity contribution in [3.8, 4) is 17.2 Å². The fourth-order valence-electron chi connectivity index (χ4n) is 3.79. The number of fused-ring (bicyclic) bond motifs is 2. The molecular weight excluding hydrogens is 396 g/mol. The average Bonchev–Trinajstić information content (AvgIpc) is 2.67. The minimum absolute atomic E-state index is 0.00247. The van der Waals surface area contributed by atoms with Gasteiger partial charge in [0, 0.05) is 17.2 Å². The normalized spacial score (nSPS) is 28.1. The Morgan fingerprint density at radius 1 is 0.833 bits per heavy atom.